The molecule has 3 heterocycles. The number of nitrogens with one attached hydrogen (secondary N) is 1. The summed E-state index contributed by atoms with van der Waals surface area (Å²) in [6.07, 6.45) is 36.2. The lowest BCUT2D eigenvalue weighted by Gasteiger charge is -2.30. The Kier molecular flexibility index (Phi) is 14.3. The number of allylic oxidation sites excluding steroid dienone is 12. The summed E-state index contributed by atoms with van der Waals surface area (Å²) in [4.78, 5) is 8.65. The van der Waals surface area contributed by atoms with Gasteiger partial charge >= 0.3 is 0 Å². The van der Waals surface area contributed by atoms with Crippen LogP contribution in [0.2, 0.25) is 0 Å². The van der Waals surface area contributed by atoms with Crippen molar-refractivity contribution in [3.63, 3.8) is 0 Å². The molecule has 0 unspecified atom stereocenters. The van der Waals surface area contributed by atoms with Crippen molar-refractivity contribution >= 4 is 79.0 Å². The van der Waals surface area contributed by atoms with Gasteiger partial charge in [-0.2, -0.15) is 0 Å². The first-order valence-electron chi connectivity index (χ1n) is 29.0. The molecule has 13 rings (SSSR count). The molecule has 0 radical (unpaired) electrons. The average Bonchev–Trinajstić information content (AvgIpc) is 2.04. The third-order valence-electron chi connectivity index (χ3n) is 16.9. The maximum atomic E-state index is 5.05. The number of anilines is 2. The quantitative estimate of drug-likeness (QED) is 0.0922. The predicted octanol–water partition coefficient (Wildman–Crippen LogP) is 21.1. The van der Waals surface area contributed by atoms with Crippen LogP contribution in [0.4, 0.5) is 11.4 Å². The monoisotopic (exact) mass is 1100 g/mol. The van der Waals surface area contributed by atoms with E-state index in [0.717, 1.165) is 45.2 Å². The summed E-state index contributed by atoms with van der Waals surface area (Å²) in [6, 6.07) is 64.0. The average molecular weight is 1100 g/mol. The van der Waals surface area contributed by atoms with E-state index in [0.29, 0.717) is 6.42 Å². The van der Waals surface area contributed by atoms with Crippen molar-refractivity contribution in [2.24, 2.45) is 4.99 Å². The first-order chi connectivity index (χ1) is 41.1. The van der Waals surface area contributed by atoms with Crippen molar-refractivity contribution in [1.82, 2.24) is 4.57 Å². The second-order valence-corrected chi connectivity index (χ2v) is 23.9. The summed E-state index contributed by atoms with van der Waals surface area (Å²) < 4.78 is 3.76. The zero-order chi connectivity index (χ0) is 57.4. The van der Waals surface area contributed by atoms with E-state index >= 15 is 0 Å². The minimum atomic E-state index is -0.172. The number of nitrogens with zero attached hydrogens (tertiary/aromatic N) is 3. The molecule has 2 aliphatic carbocycles. The topological polar surface area (TPSA) is 32.6 Å². The van der Waals surface area contributed by atoms with Crippen molar-refractivity contribution in [3.8, 4) is 27.9 Å². The Morgan fingerprint density at radius 2 is 1.14 bits per heavy atom. The number of aliphatic imine (C=N–C) groups is 1. The smallest absolute Gasteiger partial charge is 0.0555 e. The second-order valence-electron chi connectivity index (χ2n) is 22.8. The molecule has 0 saturated carbocycles. The van der Waals surface area contributed by atoms with Crippen molar-refractivity contribution in [3.05, 3.63) is 323 Å². The fourth-order valence-corrected chi connectivity index (χ4v) is 14.2. The summed E-state index contributed by atoms with van der Waals surface area (Å²) in [5.74, 6) is 0. The zero-order valence-corrected chi connectivity index (χ0v) is 49.0. The lowest BCUT2D eigenvalue weighted by atomic mass is 9.82. The molecule has 2 aromatic heterocycles. The van der Waals surface area contributed by atoms with Gasteiger partial charge in [-0.1, -0.05) is 216 Å². The predicted molar refractivity (Wildman–Crippen MR) is 364 cm³/mol. The van der Waals surface area contributed by atoms with Crippen molar-refractivity contribution < 1.29 is 0 Å². The highest BCUT2D eigenvalue weighted by molar-refractivity contribution is 7.20. The molecule has 0 saturated heterocycles. The molecule has 8 aromatic carbocycles. The van der Waals surface area contributed by atoms with Crippen LogP contribution < -0.4 is 10.2 Å². The molecule has 5 heteroatoms. The minimum absolute atomic E-state index is 0.142. The molecule has 10 aromatic rings. The van der Waals surface area contributed by atoms with Gasteiger partial charge in [0.05, 0.1) is 16.7 Å². The number of rotatable bonds is 13. The summed E-state index contributed by atoms with van der Waals surface area (Å²) >= 11 is 1.90. The zero-order valence-electron chi connectivity index (χ0n) is 48.2. The van der Waals surface area contributed by atoms with Crippen LogP contribution >= 0.6 is 11.3 Å². The molecule has 0 atom stereocenters. The van der Waals surface area contributed by atoms with E-state index < -0.39 is 0 Å². The molecule has 408 valence electrons. The van der Waals surface area contributed by atoms with Crippen LogP contribution in [0.1, 0.15) is 78.4 Å². The molecule has 3 aliphatic rings. The van der Waals surface area contributed by atoms with Gasteiger partial charge in [0, 0.05) is 84.4 Å². The molecule has 84 heavy (non-hydrogen) atoms. The number of benzene rings is 8. The molecule has 0 amide bonds. The van der Waals surface area contributed by atoms with E-state index in [-0.39, 0.29) is 10.8 Å². The van der Waals surface area contributed by atoms with Crippen molar-refractivity contribution in [1.29, 1.82) is 0 Å². The molecule has 0 fully saturated rings. The van der Waals surface area contributed by atoms with Gasteiger partial charge in [0.25, 0.3) is 0 Å². The maximum Gasteiger partial charge on any atom is 0.0555 e. The lowest BCUT2D eigenvalue weighted by molar-refractivity contribution is 0.660. The van der Waals surface area contributed by atoms with Crippen molar-refractivity contribution in [2.45, 2.75) is 51.9 Å². The van der Waals surface area contributed by atoms with Gasteiger partial charge in [-0.3, -0.25) is 4.99 Å². The highest BCUT2D eigenvalue weighted by Crippen LogP contribution is 2.52. The summed E-state index contributed by atoms with van der Waals surface area (Å²) in [5, 5.41) is 7.03. The number of hydrogen-bond acceptors (Lipinski definition) is 4. The molecule has 1 aliphatic heterocycles. The van der Waals surface area contributed by atoms with Gasteiger partial charge in [-0.25, -0.2) is 0 Å². The van der Waals surface area contributed by atoms with Crippen LogP contribution in [0.5, 0.6) is 0 Å². The molecule has 0 bridgehead atoms. The Hall–Kier alpha value is -9.81. The largest absolute Gasteiger partial charge is 0.362 e. The lowest BCUT2D eigenvalue weighted by Crippen LogP contribution is -2.23. The molecule has 1 N–H and O–H groups in total. The van der Waals surface area contributed by atoms with E-state index in [1.165, 1.54) is 86.8 Å². The van der Waals surface area contributed by atoms with Crippen LogP contribution in [-0.4, -0.2) is 10.8 Å². The number of hydrogen-bond donors (Lipinski definition) is 1. The number of fused-ring (bicyclic) bond motifs is 13. The normalized spacial score (nSPS) is 16.8. The molecular weight excluding hydrogens is 1040 g/mol. The van der Waals surface area contributed by atoms with Gasteiger partial charge in [-0.05, 0) is 153 Å². The fourth-order valence-electron chi connectivity index (χ4n) is 12.8. The molecule has 4 nitrogen and oxygen atoms in total. The molecular formula is C79H66N4S. The van der Waals surface area contributed by atoms with Crippen LogP contribution in [0, 0.1) is 0 Å². The van der Waals surface area contributed by atoms with Gasteiger partial charge in [-0.15, -0.1) is 11.3 Å². The van der Waals surface area contributed by atoms with E-state index in [4.69, 9.17) is 11.6 Å². The third-order valence-corrected chi connectivity index (χ3v) is 18.2. The Labute approximate surface area is 498 Å². The van der Waals surface area contributed by atoms with E-state index in [1.54, 1.807) is 0 Å². The fraction of sp³-hybridized carbons (Fsp3) is 0.101. The van der Waals surface area contributed by atoms with Crippen molar-refractivity contribution in [2.75, 3.05) is 10.2 Å². The highest BCUT2D eigenvalue weighted by atomic mass is 32.1. The van der Waals surface area contributed by atoms with Gasteiger partial charge < -0.3 is 14.8 Å². The Balaban J connectivity index is 0.945. The van der Waals surface area contributed by atoms with E-state index in [2.05, 4.69) is 268 Å². The van der Waals surface area contributed by atoms with E-state index in [9.17, 15) is 0 Å². The van der Waals surface area contributed by atoms with Gasteiger partial charge in [0.1, 0.15) is 0 Å². The first-order valence-corrected chi connectivity index (χ1v) is 29.8. The number of thiophene rings is 1. The third kappa shape index (κ3) is 9.80. The minimum Gasteiger partial charge on any atom is -0.362 e. The highest BCUT2D eigenvalue weighted by Gasteiger charge is 2.37. The number of para-hydroxylation sites is 1. The van der Waals surface area contributed by atoms with Crippen LogP contribution in [0.25, 0.3) is 78.1 Å². The summed E-state index contributed by atoms with van der Waals surface area (Å²) in [7, 11) is 0. The van der Waals surface area contributed by atoms with Crippen LogP contribution in [-0.2, 0) is 17.3 Å². The van der Waals surface area contributed by atoms with Gasteiger partial charge in [0.2, 0.25) is 0 Å². The Morgan fingerprint density at radius 1 is 0.536 bits per heavy atom. The SMILES string of the molecule is C=C1/C=C\c2c(sc3c2ccc2c3c3cc(\C=C/C=C\C=C\Nc4ccccc4)ccc3n2-c2ccc3c(c2)C(C)(C)c2ccccc2-3)CC(/C=N/C=C/C=C\C=C/c2ccccc2)=C(/C=C\C)N1c1ccc2c(c1)C(C)(C)c1ccccc1-2. The Morgan fingerprint density at radius 3 is 1.86 bits per heavy atom. The van der Waals surface area contributed by atoms with Gasteiger partial charge in [0.15, 0.2) is 0 Å². The van der Waals surface area contributed by atoms with E-state index in [1.807, 2.05) is 72.3 Å². The maximum absolute atomic E-state index is 5.05. The summed E-state index contributed by atoms with van der Waals surface area (Å²) in [5.41, 5.74) is 22.4. The molecule has 0 spiro atoms. The van der Waals surface area contributed by atoms with Crippen LogP contribution in [0.15, 0.2) is 284 Å². The summed E-state index contributed by atoms with van der Waals surface area (Å²) in [6.45, 7) is 16.4. The number of aromatic nitrogens is 1. The Bertz CT molecular complexity index is 4550. The standard InChI is InChI=1S/C79H66N4S/c1-7-26-72-57(53-80-47-24-10-8-14-27-55-28-16-12-17-29-55)50-75-65(41-37-54(2)82(72)59-39-42-63-61-33-20-22-35-68(61)78(3,4)70(63)51-59)66-44-46-74-76(77(66)84-75)67-49-56(30-15-9-11-25-48-81-58-31-18-13-19-32-58)38-45-73(67)83(74)60-40-43-64-62-34-21-23-36-69(62)79(5,6)71(64)52-60/h7-49,51-53,81H,2,50H2,1,3-6H3/b10-8-,11-9-,26-7-,27-14-,30-15-,41-37-,47-24+,48-25+,72-57+,80-53+. The second kappa shape index (κ2) is 22.5. The first kappa shape index (κ1) is 53.5. The van der Waals surface area contributed by atoms with Crippen LogP contribution in [0.3, 0.4) is 0 Å².